The minimum atomic E-state index is -0.356. The fourth-order valence-corrected chi connectivity index (χ4v) is 3.77. The molecule has 0 aliphatic carbocycles. The fraction of sp³-hybridized carbons (Fsp3) is 0.292. The smallest absolute Gasteiger partial charge is 0.229 e. The molecule has 0 saturated carbocycles. The number of amides is 2. The molecule has 1 fully saturated rings. The van der Waals surface area contributed by atoms with Gasteiger partial charge < -0.3 is 19.4 Å². The number of nitrogens with zero attached hydrogens (tertiary/aromatic N) is 1. The van der Waals surface area contributed by atoms with Crippen LogP contribution in [-0.2, 0) is 9.59 Å². The van der Waals surface area contributed by atoms with Gasteiger partial charge in [0.25, 0.3) is 0 Å². The van der Waals surface area contributed by atoms with E-state index in [1.165, 1.54) is 6.07 Å². The monoisotopic (exact) mass is 420 g/mol. The number of hydrogen-bond acceptors (Lipinski definition) is 5. The highest BCUT2D eigenvalue weighted by atomic mass is 16.5. The van der Waals surface area contributed by atoms with Crippen LogP contribution in [0.5, 0.6) is 5.75 Å². The molecule has 2 heterocycles. The van der Waals surface area contributed by atoms with E-state index in [9.17, 15) is 14.4 Å². The van der Waals surface area contributed by atoms with Crippen molar-refractivity contribution in [1.82, 2.24) is 4.90 Å². The highest BCUT2D eigenvalue weighted by Gasteiger charge is 2.35. The largest absolute Gasteiger partial charge is 0.497 e. The van der Waals surface area contributed by atoms with Gasteiger partial charge in [0.05, 0.1) is 18.4 Å². The van der Waals surface area contributed by atoms with Crippen LogP contribution in [0.3, 0.4) is 0 Å². The first kappa shape index (κ1) is 20.7. The normalized spacial score (nSPS) is 16.2. The van der Waals surface area contributed by atoms with Crippen molar-refractivity contribution in [2.75, 3.05) is 19.0 Å². The molecule has 0 bridgehead atoms. The average Bonchev–Trinajstić information content (AvgIpc) is 3.16. The molecule has 1 saturated heterocycles. The van der Waals surface area contributed by atoms with Crippen LogP contribution in [0.25, 0.3) is 22.3 Å². The molecule has 3 aromatic rings. The number of nitrogens with one attached hydrogen (secondary N) is 1. The Morgan fingerprint density at radius 2 is 1.87 bits per heavy atom. The molecule has 2 amide bonds. The van der Waals surface area contributed by atoms with E-state index in [2.05, 4.69) is 5.32 Å². The number of likely N-dealkylation sites (tertiary alicyclic amines) is 1. The van der Waals surface area contributed by atoms with Crippen molar-refractivity contribution in [2.45, 2.75) is 26.3 Å². The van der Waals surface area contributed by atoms with E-state index in [0.717, 1.165) is 5.56 Å². The Morgan fingerprint density at radius 1 is 1.13 bits per heavy atom. The molecule has 0 radical (unpaired) electrons. The second-order valence-electron chi connectivity index (χ2n) is 7.94. The number of ether oxygens (including phenoxy) is 1. The van der Waals surface area contributed by atoms with Gasteiger partial charge in [-0.25, -0.2) is 0 Å². The summed E-state index contributed by atoms with van der Waals surface area (Å²) >= 11 is 0. The van der Waals surface area contributed by atoms with E-state index in [1.54, 1.807) is 54.5 Å². The Kier molecular flexibility index (Phi) is 5.50. The Bertz CT molecular complexity index is 1200. The van der Waals surface area contributed by atoms with Crippen molar-refractivity contribution >= 4 is 28.5 Å². The first-order valence-corrected chi connectivity index (χ1v) is 10.2. The lowest BCUT2D eigenvalue weighted by Gasteiger charge is -2.20. The second kappa shape index (κ2) is 8.26. The minimum absolute atomic E-state index is 0.00875. The van der Waals surface area contributed by atoms with Crippen molar-refractivity contribution in [3.8, 4) is 17.1 Å². The summed E-state index contributed by atoms with van der Waals surface area (Å²) in [6.45, 7) is 4.32. The zero-order chi connectivity index (χ0) is 22.1. The molecule has 2 aromatic carbocycles. The predicted octanol–water partition coefficient (Wildman–Crippen LogP) is 3.66. The topological polar surface area (TPSA) is 88.8 Å². The van der Waals surface area contributed by atoms with Gasteiger partial charge in [0.1, 0.15) is 17.1 Å². The summed E-state index contributed by atoms with van der Waals surface area (Å²) in [4.78, 5) is 38.8. The van der Waals surface area contributed by atoms with E-state index >= 15 is 0 Å². The van der Waals surface area contributed by atoms with Crippen LogP contribution in [-0.4, -0.2) is 36.4 Å². The molecule has 1 aromatic heterocycles. The van der Waals surface area contributed by atoms with Gasteiger partial charge in [-0.15, -0.1) is 0 Å². The Hall–Kier alpha value is -3.61. The molecule has 1 N–H and O–H groups in total. The lowest BCUT2D eigenvalue weighted by atomic mass is 10.1. The molecule has 1 aliphatic rings. The third-order valence-electron chi connectivity index (χ3n) is 5.52. The molecular weight excluding hydrogens is 396 g/mol. The summed E-state index contributed by atoms with van der Waals surface area (Å²) in [5.41, 5.74) is 1.65. The first-order chi connectivity index (χ1) is 14.9. The highest BCUT2D eigenvalue weighted by Crippen LogP contribution is 2.26. The van der Waals surface area contributed by atoms with E-state index < -0.39 is 0 Å². The van der Waals surface area contributed by atoms with Gasteiger partial charge in [-0.2, -0.15) is 0 Å². The molecular formula is C24H24N2O5. The maximum Gasteiger partial charge on any atom is 0.229 e. The Labute approximate surface area is 179 Å². The van der Waals surface area contributed by atoms with Crippen LogP contribution in [0, 0.1) is 5.92 Å². The second-order valence-corrected chi connectivity index (χ2v) is 7.94. The van der Waals surface area contributed by atoms with Crippen molar-refractivity contribution in [2.24, 2.45) is 5.92 Å². The quantitative estimate of drug-likeness (QED) is 0.680. The Morgan fingerprint density at radius 3 is 2.52 bits per heavy atom. The van der Waals surface area contributed by atoms with Gasteiger partial charge in [-0.05, 0) is 56.3 Å². The number of methoxy groups -OCH3 is 1. The number of rotatable bonds is 5. The third-order valence-corrected chi connectivity index (χ3v) is 5.52. The molecule has 1 atom stereocenters. The average molecular weight is 420 g/mol. The molecule has 4 rings (SSSR count). The van der Waals surface area contributed by atoms with Crippen molar-refractivity contribution in [3.63, 3.8) is 0 Å². The summed E-state index contributed by atoms with van der Waals surface area (Å²) in [6, 6.07) is 13.7. The number of carbonyl (C=O) groups is 2. The number of anilines is 1. The number of carbonyl (C=O) groups excluding carboxylic acids is 2. The lowest BCUT2D eigenvalue weighted by Crippen LogP contribution is -2.33. The van der Waals surface area contributed by atoms with Crippen LogP contribution in [0.4, 0.5) is 5.69 Å². The van der Waals surface area contributed by atoms with Gasteiger partial charge >= 0.3 is 0 Å². The highest BCUT2D eigenvalue weighted by molar-refractivity contribution is 5.97. The minimum Gasteiger partial charge on any atom is -0.497 e. The van der Waals surface area contributed by atoms with Gasteiger partial charge in [-0.1, -0.05) is 0 Å². The fourth-order valence-electron chi connectivity index (χ4n) is 3.77. The summed E-state index contributed by atoms with van der Waals surface area (Å²) in [7, 11) is 1.54. The molecule has 160 valence electrons. The SMILES string of the molecule is COc1ccc2oc(-c3ccc(NC(=O)C4CC(=O)N(C(C)C)C4)cc3)cc(=O)c2c1. The Balaban J connectivity index is 1.50. The summed E-state index contributed by atoms with van der Waals surface area (Å²) in [5.74, 6) is 0.512. The molecule has 31 heavy (non-hydrogen) atoms. The van der Waals surface area contributed by atoms with Crippen molar-refractivity contribution in [1.29, 1.82) is 0 Å². The van der Waals surface area contributed by atoms with E-state index in [1.807, 2.05) is 13.8 Å². The van der Waals surface area contributed by atoms with Crippen LogP contribution in [0.1, 0.15) is 20.3 Å². The summed E-state index contributed by atoms with van der Waals surface area (Å²) in [5, 5.41) is 3.32. The van der Waals surface area contributed by atoms with Gasteiger partial charge in [0.15, 0.2) is 5.43 Å². The maximum atomic E-state index is 12.6. The molecule has 1 unspecified atom stereocenters. The molecule has 7 heteroatoms. The molecule has 7 nitrogen and oxygen atoms in total. The summed E-state index contributed by atoms with van der Waals surface area (Å²) < 4.78 is 11.1. The summed E-state index contributed by atoms with van der Waals surface area (Å²) in [6.07, 6.45) is 0.231. The number of benzene rings is 2. The zero-order valence-electron chi connectivity index (χ0n) is 17.7. The van der Waals surface area contributed by atoms with Gasteiger partial charge in [-0.3, -0.25) is 14.4 Å². The van der Waals surface area contributed by atoms with Crippen molar-refractivity contribution < 1.29 is 18.7 Å². The van der Waals surface area contributed by atoms with Crippen LogP contribution >= 0.6 is 0 Å². The van der Waals surface area contributed by atoms with E-state index in [0.29, 0.717) is 34.7 Å². The predicted molar refractivity (Wildman–Crippen MR) is 118 cm³/mol. The molecule has 0 spiro atoms. The lowest BCUT2D eigenvalue weighted by molar-refractivity contribution is -0.129. The van der Waals surface area contributed by atoms with Crippen LogP contribution in [0.15, 0.2) is 57.7 Å². The van der Waals surface area contributed by atoms with E-state index in [4.69, 9.17) is 9.15 Å². The van der Waals surface area contributed by atoms with E-state index in [-0.39, 0.29) is 35.6 Å². The first-order valence-electron chi connectivity index (χ1n) is 10.2. The van der Waals surface area contributed by atoms with Gasteiger partial charge in [0, 0.05) is 36.3 Å². The van der Waals surface area contributed by atoms with Gasteiger partial charge in [0.2, 0.25) is 11.8 Å². The van der Waals surface area contributed by atoms with Crippen molar-refractivity contribution in [3.05, 3.63) is 58.8 Å². The molecule has 1 aliphatic heterocycles. The number of hydrogen-bond donors (Lipinski definition) is 1. The van der Waals surface area contributed by atoms with Crippen LogP contribution in [0.2, 0.25) is 0 Å². The third kappa shape index (κ3) is 4.17. The standard InChI is InChI=1S/C24H24N2O5/c1-14(2)26-13-16(10-23(26)28)24(29)25-17-6-4-15(5-7-17)22-12-20(27)19-11-18(30-3)8-9-21(19)31-22/h4-9,11-12,14,16H,10,13H2,1-3H3,(H,25,29). The van der Waals surface area contributed by atoms with Crippen LogP contribution < -0.4 is 15.5 Å². The zero-order valence-corrected chi connectivity index (χ0v) is 17.7. The maximum absolute atomic E-state index is 12.6. The number of fused-ring (bicyclic) bond motifs is 1.